The Kier molecular flexibility index (Phi) is 6.77. The van der Waals surface area contributed by atoms with Crippen LogP contribution < -0.4 is 5.48 Å². The summed E-state index contributed by atoms with van der Waals surface area (Å²) in [6.45, 7) is 7.81. The van der Waals surface area contributed by atoms with Crippen molar-refractivity contribution in [2.24, 2.45) is 0 Å². The van der Waals surface area contributed by atoms with Gasteiger partial charge in [-0.1, -0.05) is 37.6 Å². The molecule has 0 saturated carbocycles. The summed E-state index contributed by atoms with van der Waals surface area (Å²) in [6, 6.07) is 7.35. The van der Waals surface area contributed by atoms with Gasteiger partial charge in [0.1, 0.15) is 5.54 Å². The molecule has 0 saturated heterocycles. The largest absolute Gasteiger partial charge is 0.295 e. The van der Waals surface area contributed by atoms with Crippen LogP contribution in [0.15, 0.2) is 34.1 Å². The van der Waals surface area contributed by atoms with Crippen LogP contribution in [0.4, 0.5) is 0 Å². The Bertz CT molecular complexity index is 731. The molecular formula is C20H27NO3S2. The van der Waals surface area contributed by atoms with Crippen molar-refractivity contribution >= 4 is 35.1 Å². The number of fused-ring (bicyclic) bond motifs is 1. The normalized spacial score (nSPS) is 20.3. The molecule has 0 aromatic heterocycles. The first-order chi connectivity index (χ1) is 12.2. The zero-order valence-electron chi connectivity index (χ0n) is 16.3. The maximum Gasteiger partial charge on any atom is 0.198 e. The molecule has 142 valence electrons. The van der Waals surface area contributed by atoms with E-state index in [1.165, 1.54) is 23.5 Å². The summed E-state index contributed by atoms with van der Waals surface area (Å²) in [7, 11) is 0. The van der Waals surface area contributed by atoms with E-state index >= 15 is 0 Å². The molecule has 0 heterocycles. The number of hydroxylamine groups is 1. The van der Waals surface area contributed by atoms with Gasteiger partial charge in [-0.05, 0) is 45.3 Å². The molecule has 1 unspecified atom stereocenters. The number of benzene rings is 1. The number of nitrogens with one attached hydrogen (secondary N) is 1. The minimum absolute atomic E-state index is 0.200. The number of hydrogen-bond donors (Lipinski definition) is 1. The number of thioether (sulfide) groups is 2. The lowest BCUT2D eigenvalue weighted by Crippen LogP contribution is -2.55. The molecule has 0 aliphatic heterocycles. The van der Waals surface area contributed by atoms with Crippen molar-refractivity contribution in [3.8, 4) is 0 Å². The van der Waals surface area contributed by atoms with Crippen LogP contribution in [0.3, 0.4) is 0 Å². The first-order valence-corrected chi connectivity index (χ1v) is 11.1. The fourth-order valence-electron chi connectivity index (χ4n) is 3.12. The van der Waals surface area contributed by atoms with Crippen LogP contribution in [0.5, 0.6) is 0 Å². The molecule has 0 radical (unpaired) electrons. The third kappa shape index (κ3) is 3.93. The quantitative estimate of drug-likeness (QED) is 0.429. The Morgan fingerprint density at radius 1 is 1.15 bits per heavy atom. The van der Waals surface area contributed by atoms with E-state index in [1.807, 2.05) is 58.4 Å². The second-order valence-electron chi connectivity index (χ2n) is 7.25. The van der Waals surface area contributed by atoms with Gasteiger partial charge in [-0.3, -0.25) is 14.4 Å². The van der Waals surface area contributed by atoms with Crippen LogP contribution in [0.1, 0.15) is 56.5 Å². The van der Waals surface area contributed by atoms with Crippen molar-refractivity contribution in [3.05, 3.63) is 45.2 Å². The van der Waals surface area contributed by atoms with Gasteiger partial charge >= 0.3 is 0 Å². The maximum absolute atomic E-state index is 13.6. The Hall–Kier alpha value is -1.08. The van der Waals surface area contributed by atoms with Gasteiger partial charge in [0.25, 0.3) is 0 Å². The molecule has 0 fully saturated rings. The molecule has 1 atom stereocenters. The number of carbonyl (C=O) groups excluding carboxylic acids is 2. The summed E-state index contributed by atoms with van der Waals surface area (Å²) in [5.74, 6) is -0.403. The number of rotatable bonds is 6. The highest BCUT2D eigenvalue weighted by Gasteiger charge is 2.50. The molecule has 1 aliphatic carbocycles. The first-order valence-electron chi connectivity index (χ1n) is 8.68. The third-order valence-electron chi connectivity index (χ3n) is 4.20. The lowest BCUT2D eigenvalue weighted by molar-refractivity contribution is -0.145. The Morgan fingerprint density at radius 2 is 1.77 bits per heavy atom. The van der Waals surface area contributed by atoms with E-state index in [4.69, 9.17) is 4.84 Å². The van der Waals surface area contributed by atoms with Gasteiger partial charge < -0.3 is 0 Å². The highest BCUT2D eigenvalue weighted by Crippen LogP contribution is 2.43. The third-order valence-corrected chi connectivity index (χ3v) is 6.35. The van der Waals surface area contributed by atoms with Crippen molar-refractivity contribution in [2.75, 3.05) is 12.5 Å². The predicted molar refractivity (Wildman–Crippen MR) is 110 cm³/mol. The molecule has 2 rings (SSSR count). The van der Waals surface area contributed by atoms with Gasteiger partial charge in [0.2, 0.25) is 0 Å². The Balaban J connectivity index is 2.74. The monoisotopic (exact) mass is 393 g/mol. The van der Waals surface area contributed by atoms with E-state index in [9.17, 15) is 9.59 Å². The van der Waals surface area contributed by atoms with E-state index < -0.39 is 11.1 Å². The number of Topliss-reactive ketones (excluding diaryl/α,β-unsaturated/α-hetero) is 2. The molecule has 0 bridgehead atoms. The van der Waals surface area contributed by atoms with Gasteiger partial charge in [0.15, 0.2) is 11.6 Å². The second-order valence-corrected chi connectivity index (χ2v) is 9.14. The summed E-state index contributed by atoms with van der Waals surface area (Å²) < 4.78 is 0.743. The summed E-state index contributed by atoms with van der Waals surface area (Å²) in [5.41, 5.74) is 3.09. The van der Waals surface area contributed by atoms with Crippen LogP contribution >= 0.6 is 23.5 Å². The van der Waals surface area contributed by atoms with Gasteiger partial charge in [-0.25, -0.2) is 0 Å². The summed E-state index contributed by atoms with van der Waals surface area (Å²) in [6.07, 6.45) is 5.10. The molecule has 6 heteroatoms. The zero-order chi connectivity index (χ0) is 19.5. The molecule has 26 heavy (non-hydrogen) atoms. The molecule has 1 aliphatic rings. The summed E-state index contributed by atoms with van der Waals surface area (Å²) in [5, 5.41) is 0. The molecule has 1 aromatic carbocycles. The van der Waals surface area contributed by atoms with Gasteiger partial charge in [-0.2, -0.15) is 5.48 Å². The fraction of sp³-hybridized carbons (Fsp3) is 0.500. The second kappa shape index (κ2) is 8.30. The van der Waals surface area contributed by atoms with Crippen molar-refractivity contribution in [3.63, 3.8) is 0 Å². The van der Waals surface area contributed by atoms with Crippen molar-refractivity contribution in [1.82, 2.24) is 5.48 Å². The lowest BCUT2D eigenvalue weighted by atomic mass is 9.71. The van der Waals surface area contributed by atoms with Gasteiger partial charge in [0, 0.05) is 5.56 Å². The van der Waals surface area contributed by atoms with Crippen LogP contribution in [0, 0.1) is 0 Å². The zero-order valence-corrected chi connectivity index (χ0v) is 17.9. The minimum Gasteiger partial charge on any atom is -0.295 e. The maximum atomic E-state index is 13.6. The molecule has 0 spiro atoms. The first kappa shape index (κ1) is 21.2. The van der Waals surface area contributed by atoms with Crippen LogP contribution in [0.25, 0.3) is 0 Å². The van der Waals surface area contributed by atoms with E-state index in [-0.39, 0.29) is 17.1 Å². The average Bonchev–Trinajstić information content (AvgIpc) is 2.60. The highest BCUT2D eigenvalue weighted by atomic mass is 32.2. The van der Waals surface area contributed by atoms with Crippen LogP contribution in [0.2, 0.25) is 0 Å². The van der Waals surface area contributed by atoms with Crippen LogP contribution in [-0.4, -0.2) is 29.7 Å². The van der Waals surface area contributed by atoms with Gasteiger partial charge in [-0.15, -0.1) is 23.5 Å². The smallest absolute Gasteiger partial charge is 0.198 e. The number of ketones is 2. The average molecular weight is 394 g/mol. The van der Waals surface area contributed by atoms with E-state index in [1.54, 1.807) is 6.07 Å². The lowest BCUT2D eigenvalue weighted by Gasteiger charge is -2.40. The fourth-order valence-corrected chi connectivity index (χ4v) is 4.56. The molecule has 0 amide bonds. The summed E-state index contributed by atoms with van der Waals surface area (Å²) in [4.78, 5) is 32.6. The van der Waals surface area contributed by atoms with Crippen molar-refractivity contribution in [2.45, 2.75) is 51.7 Å². The minimum atomic E-state index is -1.06. The standard InChI is InChI=1S/C20H27NO3S2/c1-7-12-20(21-24-19(2,3)4)14-11-9-8-10-13(14)16(22)15(17(20)23)18(25-5)26-6/h8-11,21H,7,12H2,1-6H3. The van der Waals surface area contributed by atoms with Crippen LogP contribution in [-0.2, 0) is 15.2 Å². The van der Waals surface area contributed by atoms with Crippen molar-refractivity contribution < 1.29 is 14.4 Å². The molecule has 4 nitrogen and oxygen atoms in total. The highest BCUT2D eigenvalue weighted by molar-refractivity contribution is 8.21. The summed E-state index contributed by atoms with van der Waals surface area (Å²) >= 11 is 2.87. The molecule has 1 aromatic rings. The topological polar surface area (TPSA) is 55.4 Å². The SMILES string of the molecule is CCCC1(NOC(C)(C)C)C(=O)C(=C(SC)SC)C(=O)c2ccccc21. The predicted octanol–water partition coefficient (Wildman–Crippen LogP) is 4.70. The number of hydrogen-bond acceptors (Lipinski definition) is 6. The molecular weight excluding hydrogens is 366 g/mol. The van der Waals surface area contributed by atoms with E-state index in [0.717, 1.165) is 10.7 Å². The number of carbonyl (C=O) groups is 2. The van der Waals surface area contributed by atoms with Crippen molar-refractivity contribution in [1.29, 1.82) is 0 Å². The Morgan fingerprint density at radius 3 is 2.31 bits per heavy atom. The Labute approximate surface area is 164 Å². The molecule has 1 N–H and O–H groups in total. The van der Waals surface area contributed by atoms with E-state index in [0.29, 0.717) is 17.5 Å². The van der Waals surface area contributed by atoms with E-state index in [2.05, 4.69) is 5.48 Å². The van der Waals surface area contributed by atoms with Gasteiger partial charge in [0.05, 0.1) is 15.4 Å².